The van der Waals surface area contributed by atoms with Crippen LogP contribution in [-0.4, -0.2) is 12.3 Å². The lowest BCUT2D eigenvalue weighted by atomic mass is 10.1. The van der Waals surface area contributed by atoms with Gasteiger partial charge in [0.05, 0.1) is 0 Å². The number of benzene rings is 1. The number of nitrogens with one attached hydrogen (secondary N) is 1. The number of anilines is 2. The minimum Gasteiger partial charge on any atom is -0.398 e. The Labute approximate surface area is 90.0 Å². The number of hydrogen-bond donors (Lipinski definition) is 2. The first kappa shape index (κ1) is 11.3. The van der Waals surface area contributed by atoms with Crippen molar-refractivity contribution in [1.29, 1.82) is 0 Å². The maximum Gasteiger partial charge on any atom is 0.161 e. The Morgan fingerprint density at radius 2 is 2.13 bits per heavy atom. The maximum absolute atomic E-state index is 11.2. The zero-order chi connectivity index (χ0) is 11.4. The summed E-state index contributed by atoms with van der Waals surface area (Å²) in [7, 11) is 0. The molecule has 0 spiro atoms. The lowest BCUT2D eigenvalue weighted by Gasteiger charge is -2.08. The van der Waals surface area contributed by atoms with Crippen molar-refractivity contribution in [3.8, 4) is 0 Å². The molecule has 1 aromatic carbocycles. The third-order valence-corrected chi connectivity index (χ3v) is 2.03. The van der Waals surface area contributed by atoms with E-state index in [9.17, 15) is 4.79 Å². The van der Waals surface area contributed by atoms with E-state index < -0.39 is 0 Å². The molecule has 0 saturated carbocycles. The minimum atomic E-state index is -0.0218. The number of rotatable bonds is 4. The molecule has 0 atom stereocenters. The molecule has 3 nitrogen and oxygen atoms in total. The summed E-state index contributed by atoms with van der Waals surface area (Å²) in [4.78, 5) is 11.2. The van der Waals surface area contributed by atoms with Gasteiger partial charge in [0.25, 0.3) is 0 Å². The van der Waals surface area contributed by atoms with Crippen LogP contribution in [0.15, 0.2) is 30.4 Å². The van der Waals surface area contributed by atoms with Crippen molar-refractivity contribution in [3.63, 3.8) is 0 Å². The number of carbonyl (C=O) groups excluding carboxylic acids is 1. The summed E-state index contributed by atoms with van der Waals surface area (Å²) in [6.07, 6.45) is 0. The number of hydrogen-bond acceptors (Lipinski definition) is 3. The van der Waals surface area contributed by atoms with Crippen molar-refractivity contribution in [2.45, 2.75) is 13.8 Å². The molecule has 1 aromatic rings. The molecule has 0 unspecified atom stereocenters. The minimum absolute atomic E-state index is 0.0218. The van der Waals surface area contributed by atoms with E-state index >= 15 is 0 Å². The molecule has 0 aliphatic heterocycles. The van der Waals surface area contributed by atoms with Crippen molar-refractivity contribution < 1.29 is 4.79 Å². The molecule has 0 fully saturated rings. The first-order valence-corrected chi connectivity index (χ1v) is 4.79. The predicted molar refractivity (Wildman–Crippen MR) is 64.2 cm³/mol. The van der Waals surface area contributed by atoms with Crippen LogP contribution in [0.1, 0.15) is 24.2 Å². The molecule has 0 aliphatic carbocycles. The van der Waals surface area contributed by atoms with Crippen LogP contribution < -0.4 is 11.1 Å². The van der Waals surface area contributed by atoms with Crippen LogP contribution in [0.5, 0.6) is 0 Å². The van der Waals surface area contributed by atoms with E-state index in [1.54, 1.807) is 12.1 Å². The second-order valence-electron chi connectivity index (χ2n) is 3.67. The highest BCUT2D eigenvalue weighted by Gasteiger charge is 2.05. The van der Waals surface area contributed by atoms with Crippen LogP contribution in [0.2, 0.25) is 0 Å². The van der Waals surface area contributed by atoms with E-state index in [1.165, 1.54) is 6.92 Å². The van der Waals surface area contributed by atoms with Crippen molar-refractivity contribution in [2.24, 2.45) is 0 Å². The fourth-order valence-corrected chi connectivity index (χ4v) is 1.22. The smallest absolute Gasteiger partial charge is 0.161 e. The summed E-state index contributed by atoms with van der Waals surface area (Å²) in [5.41, 5.74) is 8.68. The highest BCUT2D eigenvalue weighted by Crippen LogP contribution is 2.18. The standard InChI is InChI=1S/C12H16N2O/c1-8(2)7-14-10-4-5-12(13)11(6-10)9(3)15/h4-6,14H,1,7,13H2,2-3H3. The van der Waals surface area contributed by atoms with Crippen LogP contribution in [-0.2, 0) is 0 Å². The van der Waals surface area contributed by atoms with Gasteiger partial charge in [-0.3, -0.25) is 4.79 Å². The van der Waals surface area contributed by atoms with Gasteiger partial charge in [0.1, 0.15) is 0 Å². The van der Waals surface area contributed by atoms with Crippen molar-refractivity contribution in [3.05, 3.63) is 35.9 Å². The van der Waals surface area contributed by atoms with E-state index in [2.05, 4.69) is 11.9 Å². The highest BCUT2D eigenvalue weighted by atomic mass is 16.1. The van der Waals surface area contributed by atoms with Gasteiger partial charge in [0.15, 0.2) is 5.78 Å². The second kappa shape index (κ2) is 4.64. The lowest BCUT2D eigenvalue weighted by Crippen LogP contribution is -2.05. The molecule has 3 N–H and O–H groups in total. The summed E-state index contributed by atoms with van der Waals surface area (Å²) >= 11 is 0. The molecular formula is C12H16N2O. The summed E-state index contributed by atoms with van der Waals surface area (Å²) in [6, 6.07) is 5.35. The molecule has 0 saturated heterocycles. The first-order valence-electron chi connectivity index (χ1n) is 4.79. The van der Waals surface area contributed by atoms with Crippen molar-refractivity contribution in [1.82, 2.24) is 0 Å². The summed E-state index contributed by atoms with van der Waals surface area (Å²) in [5.74, 6) is -0.0218. The molecule has 0 radical (unpaired) electrons. The monoisotopic (exact) mass is 204 g/mol. The molecule has 0 aliphatic rings. The van der Waals surface area contributed by atoms with Crippen LogP contribution in [0.3, 0.4) is 0 Å². The Balaban J connectivity index is 2.87. The Bertz CT molecular complexity index is 397. The number of carbonyl (C=O) groups is 1. The number of ketones is 1. The van der Waals surface area contributed by atoms with Gasteiger partial charge in [-0.2, -0.15) is 0 Å². The van der Waals surface area contributed by atoms with Crippen LogP contribution in [0.4, 0.5) is 11.4 Å². The molecule has 0 amide bonds. The van der Waals surface area contributed by atoms with Gasteiger partial charge in [0, 0.05) is 23.5 Å². The molecule has 0 heterocycles. The molecule has 1 rings (SSSR count). The zero-order valence-electron chi connectivity index (χ0n) is 9.13. The van der Waals surface area contributed by atoms with Gasteiger partial charge in [0.2, 0.25) is 0 Å². The average molecular weight is 204 g/mol. The van der Waals surface area contributed by atoms with E-state index in [-0.39, 0.29) is 5.78 Å². The predicted octanol–water partition coefficient (Wildman–Crippen LogP) is 2.46. The normalized spacial score (nSPS) is 9.73. The Hall–Kier alpha value is -1.77. The molecular weight excluding hydrogens is 188 g/mol. The van der Waals surface area contributed by atoms with Crippen LogP contribution in [0, 0.1) is 0 Å². The molecule has 15 heavy (non-hydrogen) atoms. The summed E-state index contributed by atoms with van der Waals surface area (Å²) < 4.78 is 0. The Morgan fingerprint density at radius 3 is 2.67 bits per heavy atom. The Kier molecular flexibility index (Phi) is 3.50. The van der Waals surface area contributed by atoms with Gasteiger partial charge in [-0.15, -0.1) is 0 Å². The van der Waals surface area contributed by atoms with E-state index in [4.69, 9.17) is 5.73 Å². The van der Waals surface area contributed by atoms with E-state index in [0.717, 1.165) is 11.3 Å². The van der Waals surface area contributed by atoms with Crippen LogP contribution in [0.25, 0.3) is 0 Å². The zero-order valence-corrected chi connectivity index (χ0v) is 9.13. The third kappa shape index (κ3) is 3.13. The SMILES string of the molecule is C=C(C)CNc1ccc(N)c(C(C)=O)c1. The molecule has 3 heteroatoms. The quantitative estimate of drug-likeness (QED) is 0.450. The van der Waals surface area contributed by atoms with Gasteiger partial charge >= 0.3 is 0 Å². The fraction of sp³-hybridized carbons (Fsp3) is 0.250. The molecule has 80 valence electrons. The second-order valence-corrected chi connectivity index (χ2v) is 3.67. The van der Waals surface area contributed by atoms with E-state index in [0.29, 0.717) is 17.8 Å². The largest absolute Gasteiger partial charge is 0.398 e. The topological polar surface area (TPSA) is 55.1 Å². The van der Waals surface area contributed by atoms with Gasteiger partial charge in [-0.25, -0.2) is 0 Å². The lowest BCUT2D eigenvalue weighted by molar-refractivity contribution is 0.101. The summed E-state index contributed by atoms with van der Waals surface area (Å²) in [5, 5.41) is 3.16. The van der Waals surface area contributed by atoms with Crippen molar-refractivity contribution >= 4 is 17.2 Å². The van der Waals surface area contributed by atoms with Gasteiger partial charge in [-0.1, -0.05) is 12.2 Å². The van der Waals surface area contributed by atoms with Crippen molar-refractivity contribution in [2.75, 3.05) is 17.6 Å². The highest BCUT2D eigenvalue weighted by molar-refractivity contribution is 6.00. The fourth-order valence-electron chi connectivity index (χ4n) is 1.22. The first-order chi connectivity index (χ1) is 7.00. The van der Waals surface area contributed by atoms with Crippen LogP contribution >= 0.6 is 0 Å². The maximum atomic E-state index is 11.2. The average Bonchev–Trinajstić information content (AvgIpc) is 2.16. The number of nitrogen functional groups attached to an aromatic ring is 1. The summed E-state index contributed by atoms with van der Waals surface area (Å²) in [6.45, 7) is 7.94. The third-order valence-electron chi connectivity index (χ3n) is 2.03. The molecule has 0 aromatic heterocycles. The number of Topliss-reactive ketones (excluding diaryl/α,β-unsaturated/α-hetero) is 1. The number of nitrogens with two attached hydrogens (primary N) is 1. The Morgan fingerprint density at radius 1 is 1.47 bits per heavy atom. The van der Waals surface area contributed by atoms with Gasteiger partial charge < -0.3 is 11.1 Å². The molecule has 0 bridgehead atoms. The van der Waals surface area contributed by atoms with E-state index in [1.807, 2.05) is 13.0 Å². The van der Waals surface area contributed by atoms with Gasteiger partial charge in [-0.05, 0) is 32.0 Å².